The van der Waals surface area contributed by atoms with E-state index in [0.717, 1.165) is 0 Å². The Morgan fingerprint density at radius 1 is 0.944 bits per heavy atom. The summed E-state index contributed by atoms with van der Waals surface area (Å²) in [7, 11) is 0. The summed E-state index contributed by atoms with van der Waals surface area (Å²) in [6.45, 7) is 0. The topological polar surface area (TPSA) is 43.1 Å². The van der Waals surface area contributed by atoms with Crippen molar-refractivity contribution < 1.29 is 4.79 Å². The first-order chi connectivity index (χ1) is 8.50. The van der Waals surface area contributed by atoms with Crippen LogP contribution in [0.3, 0.4) is 0 Å². The van der Waals surface area contributed by atoms with Crippen LogP contribution in [-0.2, 0) is 0 Å². The SMILES string of the molecule is Nc1c(Cl)cc(Cl)cc1C(=O)c1ccccc1Cl. The molecular weight excluding hydrogens is 293 g/mol. The summed E-state index contributed by atoms with van der Waals surface area (Å²) in [5, 5.41) is 0.959. The van der Waals surface area contributed by atoms with Crippen LogP contribution < -0.4 is 5.73 Å². The molecule has 2 aromatic carbocycles. The van der Waals surface area contributed by atoms with E-state index in [0.29, 0.717) is 15.6 Å². The Labute approximate surface area is 119 Å². The molecule has 0 aliphatic heterocycles. The van der Waals surface area contributed by atoms with Gasteiger partial charge in [-0.3, -0.25) is 4.79 Å². The number of hydrogen-bond donors (Lipinski definition) is 1. The minimum absolute atomic E-state index is 0.200. The number of carbonyl (C=O) groups excluding carboxylic acids is 1. The summed E-state index contributed by atoms with van der Waals surface area (Å²) >= 11 is 17.7. The zero-order chi connectivity index (χ0) is 13.3. The molecule has 5 heteroatoms. The molecule has 2 nitrogen and oxygen atoms in total. The molecule has 2 rings (SSSR count). The molecule has 0 aliphatic carbocycles. The van der Waals surface area contributed by atoms with Crippen LogP contribution in [0.2, 0.25) is 15.1 Å². The van der Waals surface area contributed by atoms with Crippen LogP contribution in [0.1, 0.15) is 15.9 Å². The Bertz CT molecular complexity index is 626. The molecule has 92 valence electrons. The van der Waals surface area contributed by atoms with Gasteiger partial charge in [0.15, 0.2) is 5.78 Å². The molecule has 0 fully saturated rings. The largest absolute Gasteiger partial charge is 0.397 e. The second-order valence-electron chi connectivity index (χ2n) is 3.66. The van der Waals surface area contributed by atoms with E-state index in [1.807, 2.05) is 0 Å². The van der Waals surface area contributed by atoms with Gasteiger partial charge >= 0.3 is 0 Å². The van der Waals surface area contributed by atoms with Gasteiger partial charge in [0.25, 0.3) is 0 Å². The molecule has 0 unspecified atom stereocenters. The minimum atomic E-state index is -0.303. The minimum Gasteiger partial charge on any atom is -0.397 e. The van der Waals surface area contributed by atoms with Crippen LogP contribution in [0, 0.1) is 0 Å². The average molecular weight is 301 g/mol. The molecule has 2 aromatic rings. The lowest BCUT2D eigenvalue weighted by atomic mass is 10.0. The molecule has 0 aromatic heterocycles. The molecule has 0 aliphatic rings. The molecule has 0 atom stereocenters. The van der Waals surface area contributed by atoms with Crippen LogP contribution in [0.15, 0.2) is 36.4 Å². The van der Waals surface area contributed by atoms with Crippen molar-refractivity contribution in [2.45, 2.75) is 0 Å². The second-order valence-corrected chi connectivity index (χ2v) is 4.91. The van der Waals surface area contributed by atoms with Crippen molar-refractivity contribution in [2.75, 3.05) is 5.73 Å². The maximum absolute atomic E-state index is 12.3. The van der Waals surface area contributed by atoms with Crippen LogP contribution in [-0.4, -0.2) is 5.78 Å². The van der Waals surface area contributed by atoms with Crippen LogP contribution in [0.25, 0.3) is 0 Å². The normalized spacial score (nSPS) is 10.4. The number of hydrogen-bond acceptors (Lipinski definition) is 2. The van der Waals surface area contributed by atoms with Gasteiger partial charge in [-0.1, -0.05) is 46.9 Å². The highest BCUT2D eigenvalue weighted by Gasteiger charge is 2.17. The molecule has 0 amide bonds. The quantitative estimate of drug-likeness (QED) is 0.657. The van der Waals surface area contributed by atoms with Gasteiger partial charge in [0.05, 0.1) is 15.7 Å². The first-order valence-electron chi connectivity index (χ1n) is 5.04. The molecule has 0 bridgehead atoms. The molecule has 18 heavy (non-hydrogen) atoms. The first-order valence-corrected chi connectivity index (χ1v) is 6.18. The van der Waals surface area contributed by atoms with Gasteiger partial charge in [-0.05, 0) is 24.3 Å². The number of nitrogen functional groups attached to an aromatic ring is 1. The molecule has 0 saturated carbocycles. The van der Waals surface area contributed by atoms with Crippen molar-refractivity contribution in [1.82, 2.24) is 0 Å². The zero-order valence-corrected chi connectivity index (χ0v) is 11.4. The number of rotatable bonds is 2. The molecule has 0 radical (unpaired) electrons. The van der Waals surface area contributed by atoms with Crippen molar-refractivity contribution in [2.24, 2.45) is 0 Å². The third-order valence-electron chi connectivity index (χ3n) is 2.46. The number of carbonyl (C=O) groups is 1. The predicted molar refractivity (Wildman–Crippen MR) is 75.8 cm³/mol. The van der Waals surface area contributed by atoms with E-state index >= 15 is 0 Å². The molecule has 2 N–H and O–H groups in total. The standard InChI is InChI=1S/C13H8Cl3NO/c14-7-5-9(12(17)11(16)6-7)13(18)8-3-1-2-4-10(8)15/h1-6H,17H2. The number of benzene rings is 2. The Kier molecular flexibility index (Phi) is 3.81. The summed E-state index contributed by atoms with van der Waals surface area (Å²) in [5.74, 6) is -0.303. The van der Waals surface area contributed by atoms with Crippen molar-refractivity contribution >= 4 is 46.3 Å². The zero-order valence-electron chi connectivity index (χ0n) is 9.08. The summed E-state index contributed by atoms with van der Waals surface area (Å²) < 4.78 is 0. The van der Waals surface area contributed by atoms with Crippen LogP contribution in [0.4, 0.5) is 5.69 Å². The molecule has 0 spiro atoms. The molecule has 0 saturated heterocycles. The van der Waals surface area contributed by atoms with E-state index in [1.165, 1.54) is 12.1 Å². The number of anilines is 1. The summed E-state index contributed by atoms with van der Waals surface area (Å²) in [4.78, 5) is 12.3. The van der Waals surface area contributed by atoms with Crippen LogP contribution in [0.5, 0.6) is 0 Å². The molecular formula is C13H8Cl3NO. The smallest absolute Gasteiger partial charge is 0.196 e. The Morgan fingerprint density at radius 2 is 1.61 bits per heavy atom. The highest BCUT2D eigenvalue weighted by atomic mass is 35.5. The van der Waals surface area contributed by atoms with E-state index in [-0.39, 0.29) is 22.1 Å². The average Bonchev–Trinajstić information content (AvgIpc) is 2.33. The summed E-state index contributed by atoms with van der Waals surface area (Å²) in [6.07, 6.45) is 0. The highest BCUT2D eigenvalue weighted by Crippen LogP contribution is 2.30. The third-order valence-corrected chi connectivity index (χ3v) is 3.32. The lowest BCUT2D eigenvalue weighted by Crippen LogP contribution is -2.06. The Morgan fingerprint density at radius 3 is 2.28 bits per heavy atom. The van der Waals surface area contributed by atoms with Gasteiger partial charge in [-0.15, -0.1) is 0 Å². The third kappa shape index (κ3) is 2.46. The van der Waals surface area contributed by atoms with Gasteiger partial charge in [0.1, 0.15) is 0 Å². The lowest BCUT2D eigenvalue weighted by Gasteiger charge is -2.08. The second kappa shape index (κ2) is 5.19. The first kappa shape index (κ1) is 13.2. The van der Waals surface area contributed by atoms with Crippen molar-refractivity contribution in [1.29, 1.82) is 0 Å². The number of nitrogens with two attached hydrogens (primary N) is 1. The number of halogens is 3. The monoisotopic (exact) mass is 299 g/mol. The Hall–Kier alpha value is -1.22. The fourth-order valence-electron chi connectivity index (χ4n) is 1.56. The maximum Gasteiger partial charge on any atom is 0.196 e. The molecule has 0 heterocycles. The fourth-order valence-corrected chi connectivity index (χ4v) is 2.28. The van der Waals surface area contributed by atoms with Gasteiger partial charge in [0, 0.05) is 16.1 Å². The van der Waals surface area contributed by atoms with E-state index in [4.69, 9.17) is 40.5 Å². The van der Waals surface area contributed by atoms with Gasteiger partial charge in [-0.25, -0.2) is 0 Å². The fraction of sp³-hybridized carbons (Fsp3) is 0. The van der Waals surface area contributed by atoms with Gasteiger partial charge in [-0.2, -0.15) is 0 Å². The van der Waals surface area contributed by atoms with Crippen molar-refractivity contribution in [3.8, 4) is 0 Å². The summed E-state index contributed by atoms with van der Waals surface area (Å²) in [5.41, 5.74) is 6.60. The van der Waals surface area contributed by atoms with E-state index < -0.39 is 0 Å². The van der Waals surface area contributed by atoms with Crippen molar-refractivity contribution in [3.63, 3.8) is 0 Å². The van der Waals surface area contributed by atoms with Crippen molar-refractivity contribution in [3.05, 3.63) is 62.6 Å². The van der Waals surface area contributed by atoms with E-state index in [1.54, 1.807) is 24.3 Å². The van der Waals surface area contributed by atoms with E-state index in [2.05, 4.69) is 0 Å². The van der Waals surface area contributed by atoms with Gasteiger partial charge in [0.2, 0.25) is 0 Å². The van der Waals surface area contributed by atoms with Gasteiger partial charge < -0.3 is 5.73 Å². The maximum atomic E-state index is 12.3. The summed E-state index contributed by atoms with van der Waals surface area (Å²) in [6, 6.07) is 9.70. The van der Waals surface area contributed by atoms with E-state index in [9.17, 15) is 4.79 Å². The highest BCUT2D eigenvalue weighted by molar-refractivity contribution is 6.39. The lowest BCUT2D eigenvalue weighted by molar-refractivity contribution is 0.103. The Balaban J connectivity index is 2.57. The number of ketones is 1. The predicted octanol–water partition coefficient (Wildman–Crippen LogP) is 4.46. The van der Waals surface area contributed by atoms with Crippen LogP contribution >= 0.6 is 34.8 Å².